The largest absolute Gasteiger partial charge is 0.508 e. The van der Waals surface area contributed by atoms with Crippen molar-refractivity contribution in [3.8, 4) is 17.2 Å². The lowest BCUT2D eigenvalue weighted by molar-refractivity contribution is -0.129. The van der Waals surface area contributed by atoms with E-state index >= 15 is 0 Å². The van der Waals surface area contributed by atoms with Crippen molar-refractivity contribution >= 4 is 39.9 Å². The number of carbonyl (C=O) groups is 1. The number of nitrogens with zero attached hydrogens (tertiary/aromatic N) is 1. The fourth-order valence-electron chi connectivity index (χ4n) is 2.45. The minimum absolute atomic E-state index is 0.186. The predicted octanol–water partition coefficient (Wildman–Crippen LogP) is 5.53. The molecule has 3 aromatic carbocycles. The van der Waals surface area contributed by atoms with Crippen molar-refractivity contribution in [2.45, 2.75) is 0 Å². The van der Waals surface area contributed by atoms with E-state index in [0.717, 1.165) is 15.6 Å². The number of esters is 1. The first-order valence-electron chi connectivity index (χ1n) is 8.70. The third-order valence-corrected chi connectivity index (χ3v) is 4.36. The van der Waals surface area contributed by atoms with Crippen molar-refractivity contribution in [2.75, 3.05) is 7.11 Å². The number of hydrogen-bond donors (Lipinski definition) is 1. The van der Waals surface area contributed by atoms with Crippen LogP contribution in [0.5, 0.6) is 17.2 Å². The molecule has 0 radical (unpaired) electrons. The zero-order valence-electron chi connectivity index (χ0n) is 15.6. The maximum atomic E-state index is 12.1. The van der Waals surface area contributed by atoms with Gasteiger partial charge in [0.25, 0.3) is 0 Å². The highest BCUT2D eigenvalue weighted by Gasteiger charge is 2.08. The van der Waals surface area contributed by atoms with Crippen molar-refractivity contribution in [2.24, 2.45) is 4.99 Å². The average Bonchev–Trinajstić information content (AvgIpc) is 2.72. The molecule has 0 atom stereocenters. The molecular weight excluding hydrogens is 434 g/mol. The van der Waals surface area contributed by atoms with Gasteiger partial charge in [-0.25, -0.2) is 4.79 Å². The lowest BCUT2D eigenvalue weighted by atomic mass is 10.2. The Balaban J connectivity index is 1.69. The second-order valence-electron chi connectivity index (χ2n) is 5.99. The summed E-state index contributed by atoms with van der Waals surface area (Å²) in [6.07, 6.45) is 4.70. The third-order valence-electron chi connectivity index (χ3n) is 3.87. The number of benzene rings is 3. The number of rotatable bonds is 6. The standard InChI is InChI=1S/C23H18BrNO4/c1-28-22-14-17(15-25-19-7-9-20(26)10-8-19)5-11-21(22)29-23(27)12-6-16-3-2-4-18(24)13-16/h2-15,26H,1H3/b12-6+,25-15?. The van der Waals surface area contributed by atoms with Crippen LogP contribution in [0.4, 0.5) is 5.69 Å². The van der Waals surface area contributed by atoms with Crippen LogP contribution in [0.25, 0.3) is 6.08 Å². The van der Waals surface area contributed by atoms with Crippen molar-refractivity contribution in [3.63, 3.8) is 0 Å². The fourth-order valence-corrected chi connectivity index (χ4v) is 2.87. The van der Waals surface area contributed by atoms with Gasteiger partial charge in [-0.15, -0.1) is 0 Å². The fraction of sp³-hybridized carbons (Fsp3) is 0.0435. The molecule has 0 saturated heterocycles. The summed E-state index contributed by atoms with van der Waals surface area (Å²) in [6, 6.07) is 19.3. The van der Waals surface area contributed by atoms with Crippen LogP contribution < -0.4 is 9.47 Å². The van der Waals surface area contributed by atoms with Gasteiger partial charge in [0, 0.05) is 16.8 Å². The molecule has 3 aromatic rings. The Morgan fingerprint density at radius 3 is 2.52 bits per heavy atom. The number of aromatic hydroxyl groups is 1. The summed E-state index contributed by atoms with van der Waals surface area (Å²) in [5, 5.41) is 9.31. The number of carbonyl (C=O) groups excluding carboxylic acids is 1. The third kappa shape index (κ3) is 6.05. The van der Waals surface area contributed by atoms with E-state index in [-0.39, 0.29) is 5.75 Å². The van der Waals surface area contributed by atoms with Crippen molar-refractivity contribution in [1.29, 1.82) is 0 Å². The van der Waals surface area contributed by atoms with E-state index in [2.05, 4.69) is 20.9 Å². The molecule has 0 amide bonds. The summed E-state index contributed by atoms with van der Waals surface area (Å²) >= 11 is 3.39. The summed E-state index contributed by atoms with van der Waals surface area (Å²) in [5.41, 5.74) is 2.36. The van der Waals surface area contributed by atoms with Gasteiger partial charge in [0.1, 0.15) is 5.75 Å². The Bertz CT molecular complexity index is 1060. The summed E-state index contributed by atoms with van der Waals surface area (Å²) in [5.74, 6) is 0.418. The van der Waals surface area contributed by atoms with E-state index in [1.807, 2.05) is 24.3 Å². The second kappa shape index (κ2) is 9.71. The number of methoxy groups -OCH3 is 1. The average molecular weight is 452 g/mol. The lowest BCUT2D eigenvalue weighted by Crippen LogP contribution is -2.05. The molecule has 0 spiro atoms. The first-order valence-corrected chi connectivity index (χ1v) is 9.49. The molecule has 1 N–H and O–H groups in total. The maximum absolute atomic E-state index is 12.1. The first-order chi connectivity index (χ1) is 14.0. The monoisotopic (exact) mass is 451 g/mol. The summed E-state index contributed by atoms with van der Waals surface area (Å²) < 4.78 is 11.6. The van der Waals surface area contributed by atoms with Crippen molar-refractivity contribution in [3.05, 3.63) is 88.4 Å². The second-order valence-corrected chi connectivity index (χ2v) is 6.91. The van der Waals surface area contributed by atoms with Crippen LogP contribution in [0, 0.1) is 0 Å². The van der Waals surface area contributed by atoms with Gasteiger partial charge in [-0.1, -0.05) is 28.1 Å². The molecule has 0 aliphatic rings. The lowest BCUT2D eigenvalue weighted by Gasteiger charge is -2.08. The van der Waals surface area contributed by atoms with Crippen molar-refractivity contribution in [1.82, 2.24) is 0 Å². The molecule has 146 valence electrons. The first kappa shape index (κ1) is 20.4. The molecule has 3 rings (SSSR count). The summed E-state index contributed by atoms with van der Waals surface area (Å²) in [7, 11) is 1.50. The molecule has 0 aliphatic carbocycles. The van der Waals surface area contributed by atoms with E-state index in [9.17, 15) is 9.90 Å². The van der Waals surface area contributed by atoms with Gasteiger partial charge in [-0.2, -0.15) is 0 Å². The van der Waals surface area contributed by atoms with Crippen LogP contribution in [0.2, 0.25) is 0 Å². The highest BCUT2D eigenvalue weighted by molar-refractivity contribution is 9.10. The zero-order valence-corrected chi connectivity index (χ0v) is 17.2. The number of hydrogen-bond acceptors (Lipinski definition) is 5. The van der Waals surface area contributed by atoms with Gasteiger partial charge < -0.3 is 14.6 Å². The van der Waals surface area contributed by atoms with Gasteiger partial charge in [-0.3, -0.25) is 4.99 Å². The van der Waals surface area contributed by atoms with Crippen LogP contribution in [-0.4, -0.2) is 24.4 Å². The Labute approximate surface area is 177 Å². The quantitative estimate of drug-likeness (QED) is 0.231. The number of halogens is 1. The highest BCUT2D eigenvalue weighted by Crippen LogP contribution is 2.28. The van der Waals surface area contributed by atoms with Crippen LogP contribution in [0.1, 0.15) is 11.1 Å². The molecule has 0 saturated carbocycles. The summed E-state index contributed by atoms with van der Waals surface area (Å²) in [6.45, 7) is 0. The Morgan fingerprint density at radius 1 is 1.00 bits per heavy atom. The van der Waals surface area contributed by atoms with E-state index in [1.165, 1.54) is 13.2 Å². The van der Waals surface area contributed by atoms with Gasteiger partial charge in [0.2, 0.25) is 0 Å². The minimum Gasteiger partial charge on any atom is -0.508 e. The molecule has 0 aromatic heterocycles. The minimum atomic E-state index is -0.506. The molecule has 29 heavy (non-hydrogen) atoms. The highest BCUT2D eigenvalue weighted by atomic mass is 79.9. The zero-order chi connectivity index (χ0) is 20.6. The summed E-state index contributed by atoms with van der Waals surface area (Å²) in [4.78, 5) is 16.5. The number of phenolic OH excluding ortho intramolecular Hbond substituents is 1. The van der Waals surface area contributed by atoms with E-state index < -0.39 is 5.97 Å². The molecule has 6 heteroatoms. The van der Waals surface area contributed by atoms with Gasteiger partial charge in [-0.05, 0) is 71.8 Å². The predicted molar refractivity (Wildman–Crippen MR) is 117 cm³/mol. The molecule has 5 nitrogen and oxygen atoms in total. The Hall–Kier alpha value is -3.38. The maximum Gasteiger partial charge on any atom is 0.336 e. The van der Waals surface area contributed by atoms with E-state index in [4.69, 9.17) is 9.47 Å². The van der Waals surface area contributed by atoms with Crippen LogP contribution in [0.15, 0.2) is 82.3 Å². The van der Waals surface area contributed by atoms with E-state index in [0.29, 0.717) is 17.2 Å². The molecule has 0 heterocycles. The van der Waals surface area contributed by atoms with Crippen molar-refractivity contribution < 1.29 is 19.4 Å². The number of ether oxygens (including phenoxy) is 2. The van der Waals surface area contributed by atoms with Crippen LogP contribution in [-0.2, 0) is 4.79 Å². The molecule has 0 unspecified atom stereocenters. The molecule has 0 bridgehead atoms. The molecule has 0 fully saturated rings. The SMILES string of the molecule is COc1cc(C=Nc2ccc(O)cc2)ccc1OC(=O)/C=C/c1cccc(Br)c1. The molecule has 0 aliphatic heterocycles. The normalized spacial score (nSPS) is 11.1. The van der Waals surface area contributed by atoms with Crippen LogP contribution >= 0.6 is 15.9 Å². The number of aliphatic imine (C=N–C) groups is 1. The van der Waals surface area contributed by atoms with Gasteiger partial charge in [0.05, 0.1) is 12.8 Å². The Kier molecular flexibility index (Phi) is 6.81. The molecular formula is C23H18BrNO4. The topological polar surface area (TPSA) is 68.1 Å². The Morgan fingerprint density at radius 2 is 1.79 bits per heavy atom. The van der Waals surface area contributed by atoms with Crippen LogP contribution in [0.3, 0.4) is 0 Å². The smallest absolute Gasteiger partial charge is 0.336 e. The van der Waals surface area contributed by atoms with E-state index in [1.54, 1.807) is 54.8 Å². The number of phenols is 1. The van der Waals surface area contributed by atoms with Gasteiger partial charge >= 0.3 is 5.97 Å². The van der Waals surface area contributed by atoms with Gasteiger partial charge in [0.15, 0.2) is 11.5 Å².